The van der Waals surface area contributed by atoms with Crippen molar-refractivity contribution < 1.29 is 4.42 Å². The van der Waals surface area contributed by atoms with Gasteiger partial charge in [-0.05, 0) is 24.5 Å². The molecule has 0 radical (unpaired) electrons. The molecule has 0 unspecified atom stereocenters. The third-order valence-corrected chi connectivity index (χ3v) is 1.94. The topological polar surface area (TPSA) is 64.9 Å². The van der Waals surface area contributed by atoms with Gasteiger partial charge in [-0.1, -0.05) is 13.8 Å². The number of anilines is 1. The first-order valence-corrected chi connectivity index (χ1v) is 4.67. The fraction of sp³-hybridized carbons (Fsp3) is 0.400. The van der Waals surface area contributed by atoms with Gasteiger partial charge in [0.15, 0.2) is 5.58 Å². The predicted octanol–water partition coefficient (Wildman–Crippen LogP) is 2.00. The van der Waals surface area contributed by atoms with E-state index in [0.717, 1.165) is 12.1 Å². The smallest absolute Gasteiger partial charge is 0.294 e. The highest BCUT2D eigenvalue weighted by atomic mass is 16.4. The molecule has 2 aromatic rings. The molecule has 0 aliphatic carbocycles. The lowest BCUT2D eigenvalue weighted by Gasteiger charge is -2.02. The van der Waals surface area contributed by atoms with Crippen LogP contribution in [0.3, 0.4) is 0 Å². The summed E-state index contributed by atoms with van der Waals surface area (Å²) in [5, 5.41) is 0. The van der Waals surface area contributed by atoms with Crippen LogP contribution in [-0.4, -0.2) is 9.97 Å². The number of aromatic nitrogens is 2. The number of pyridine rings is 1. The van der Waals surface area contributed by atoms with E-state index in [-0.39, 0.29) is 6.01 Å². The fourth-order valence-electron chi connectivity index (χ4n) is 1.41. The summed E-state index contributed by atoms with van der Waals surface area (Å²) >= 11 is 0. The van der Waals surface area contributed by atoms with Crippen molar-refractivity contribution in [2.75, 3.05) is 5.73 Å². The molecule has 0 saturated heterocycles. The van der Waals surface area contributed by atoms with E-state index in [0.29, 0.717) is 17.1 Å². The first-order chi connectivity index (χ1) is 6.65. The first-order valence-electron chi connectivity index (χ1n) is 4.67. The van der Waals surface area contributed by atoms with Crippen LogP contribution in [0.4, 0.5) is 6.01 Å². The van der Waals surface area contributed by atoms with E-state index in [1.54, 1.807) is 0 Å². The summed E-state index contributed by atoms with van der Waals surface area (Å²) in [4.78, 5) is 8.33. The Kier molecular flexibility index (Phi) is 2.11. The monoisotopic (exact) mass is 191 g/mol. The van der Waals surface area contributed by atoms with Gasteiger partial charge in [0.25, 0.3) is 6.01 Å². The minimum absolute atomic E-state index is 0.175. The number of hydrogen-bond acceptors (Lipinski definition) is 4. The molecular formula is C10H13N3O. The Hall–Kier alpha value is -1.58. The maximum absolute atomic E-state index is 5.42. The number of hydrogen-bond donors (Lipinski definition) is 1. The Balaban J connectivity index is 2.40. The van der Waals surface area contributed by atoms with Gasteiger partial charge in [-0.15, -0.1) is 0 Å². The van der Waals surface area contributed by atoms with Crippen molar-refractivity contribution in [1.82, 2.24) is 9.97 Å². The number of fused-ring (bicyclic) bond motifs is 1. The molecule has 0 aliphatic heterocycles. The number of nitrogen functional groups attached to an aromatic ring is 1. The Morgan fingerprint density at radius 2 is 2.14 bits per heavy atom. The van der Waals surface area contributed by atoms with Crippen molar-refractivity contribution in [3.63, 3.8) is 0 Å². The lowest BCUT2D eigenvalue weighted by molar-refractivity contribution is 0.623. The molecule has 0 aromatic carbocycles. The standard InChI is InChI=1S/C10H13N3O/c1-6(2)5-7-3-4-8-9(12-7)13-10(11)14-8/h3-4,6H,5H2,1-2H3,(H2,11,12,13). The summed E-state index contributed by atoms with van der Waals surface area (Å²) in [6.07, 6.45) is 0.947. The summed E-state index contributed by atoms with van der Waals surface area (Å²) in [5.41, 5.74) is 7.70. The van der Waals surface area contributed by atoms with Gasteiger partial charge in [0.1, 0.15) is 0 Å². The van der Waals surface area contributed by atoms with E-state index in [4.69, 9.17) is 10.2 Å². The highest BCUT2D eigenvalue weighted by Crippen LogP contribution is 2.16. The van der Waals surface area contributed by atoms with E-state index < -0.39 is 0 Å². The molecule has 0 saturated carbocycles. The van der Waals surface area contributed by atoms with Crippen LogP contribution in [0.25, 0.3) is 11.2 Å². The van der Waals surface area contributed by atoms with Gasteiger partial charge in [-0.3, -0.25) is 0 Å². The molecule has 4 nitrogen and oxygen atoms in total. The van der Waals surface area contributed by atoms with Gasteiger partial charge in [0.05, 0.1) is 0 Å². The third-order valence-electron chi connectivity index (χ3n) is 1.94. The fourth-order valence-corrected chi connectivity index (χ4v) is 1.41. The zero-order valence-corrected chi connectivity index (χ0v) is 8.32. The molecule has 14 heavy (non-hydrogen) atoms. The van der Waals surface area contributed by atoms with E-state index >= 15 is 0 Å². The molecule has 0 aliphatic rings. The van der Waals surface area contributed by atoms with Crippen LogP contribution < -0.4 is 5.73 Å². The summed E-state index contributed by atoms with van der Waals surface area (Å²) in [5.74, 6) is 0.587. The van der Waals surface area contributed by atoms with E-state index in [2.05, 4.69) is 23.8 Å². The van der Waals surface area contributed by atoms with Gasteiger partial charge < -0.3 is 10.2 Å². The number of oxazole rings is 1. The van der Waals surface area contributed by atoms with Crippen molar-refractivity contribution in [2.45, 2.75) is 20.3 Å². The molecular weight excluding hydrogens is 178 g/mol. The first kappa shape index (κ1) is 8.99. The van der Waals surface area contributed by atoms with Crippen molar-refractivity contribution >= 4 is 17.2 Å². The van der Waals surface area contributed by atoms with Crippen LogP contribution in [0, 0.1) is 5.92 Å². The van der Waals surface area contributed by atoms with E-state index in [9.17, 15) is 0 Å². The molecule has 4 heteroatoms. The van der Waals surface area contributed by atoms with Crippen molar-refractivity contribution in [3.05, 3.63) is 17.8 Å². The summed E-state index contributed by atoms with van der Waals surface area (Å²) < 4.78 is 5.13. The van der Waals surface area contributed by atoms with Gasteiger partial charge >= 0.3 is 0 Å². The highest BCUT2D eigenvalue weighted by Gasteiger charge is 2.06. The Labute approximate surface area is 82.1 Å². The Morgan fingerprint density at radius 1 is 1.36 bits per heavy atom. The van der Waals surface area contributed by atoms with Gasteiger partial charge in [-0.2, -0.15) is 4.98 Å². The molecule has 0 fully saturated rings. The summed E-state index contributed by atoms with van der Waals surface area (Å²) in [7, 11) is 0. The SMILES string of the molecule is CC(C)Cc1ccc2oc(N)nc2n1. The number of nitrogens with two attached hydrogens (primary N) is 1. The molecule has 74 valence electrons. The Morgan fingerprint density at radius 3 is 2.86 bits per heavy atom. The molecule has 0 spiro atoms. The molecule has 2 N–H and O–H groups in total. The molecule has 2 heterocycles. The second kappa shape index (κ2) is 3.29. The molecule has 0 atom stereocenters. The minimum Gasteiger partial charge on any atom is -0.422 e. The van der Waals surface area contributed by atoms with Crippen LogP contribution >= 0.6 is 0 Å². The zero-order chi connectivity index (χ0) is 10.1. The lowest BCUT2D eigenvalue weighted by atomic mass is 10.1. The second-order valence-electron chi connectivity index (χ2n) is 3.77. The molecule has 0 amide bonds. The summed E-state index contributed by atoms with van der Waals surface area (Å²) in [6.45, 7) is 4.31. The largest absolute Gasteiger partial charge is 0.422 e. The van der Waals surface area contributed by atoms with Crippen molar-refractivity contribution in [3.8, 4) is 0 Å². The van der Waals surface area contributed by atoms with Crippen LogP contribution in [0.5, 0.6) is 0 Å². The molecule has 2 aromatic heterocycles. The third kappa shape index (κ3) is 1.69. The molecule has 0 bridgehead atoms. The van der Waals surface area contributed by atoms with Gasteiger partial charge in [-0.25, -0.2) is 4.98 Å². The van der Waals surface area contributed by atoms with Gasteiger partial charge in [0.2, 0.25) is 5.65 Å². The normalized spacial score (nSPS) is 11.4. The van der Waals surface area contributed by atoms with Crippen LogP contribution in [-0.2, 0) is 6.42 Å². The van der Waals surface area contributed by atoms with E-state index in [1.165, 1.54) is 0 Å². The average Bonchev–Trinajstić information content (AvgIpc) is 2.42. The van der Waals surface area contributed by atoms with Crippen LogP contribution in [0.1, 0.15) is 19.5 Å². The highest BCUT2D eigenvalue weighted by molar-refractivity contribution is 5.69. The predicted molar refractivity (Wildman–Crippen MR) is 54.8 cm³/mol. The maximum atomic E-state index is 5.42. The Bertz CT molecular complexity index is 448. The van der Waals surface area contributed by atoms with E-state index in [1.807, 2.05) is 12.1 Å². The summed E-state index contributed by atoms with van der Waals surface area (Å²) in [6, 6.07) is 3.99. The zero-order valence-electron chi connectivity index (χ0n) is 8.32. The number of nitrogens with zero attached hydrogens (tertiary/aromatic N) is 2. The van der Waals surface area contributed by atoms with Crippen LogP contribution in [0.2, 0.25) is 0 Å². The molecule has 2 rings (SSSR count). The average molecular weight is 191 g/mol. The quantitative estimate of drug-likeness (QED) is 0.788. The van der Waals surface area contributed by atoms with Gasteiger partial charge in [0, 0.05) is 5.69 Å². The van der Waals surface area contributed by atoms with Crippen LogP contribution in [0.15, 0.2) is 16.5 Å². The second-order valence-corrected chi connectivity index (χ2v) is 3.77. The minimum atomic E-state index is 0.175. The lowest BCUT2D eigenvalue weighted by Crippen LogP contribution is -1.96. The van der Waals surface area contributed by atoms with Crippen molar-refractivity contribution in [2.24, 2.45) is 5.92 Å². The maximum Gasteiger partial charge on any atom is 0.294 e. The van der Waals surface area contributed by atoms with Crippen molar-refractivity contribution in [1.29, 1.82) is 0 Å². The number of rotatable bonds is 2.